The Bertz CT molecular complexity index is 663. The molecule has 0 radical (unpaired) electrons. The van der Waals surface area contributed by atoms with E-state index in [1.165, 1.54) is 7.11 Å². The number of hydrogen-bond donors (Lipinski definition) is 1. The van der Waals surface area contributed by atoms with Gasteiger partial charge >= 0.3 is 5.97 Å². The van der Waals surface area contributed by atoms with Crippen LogP contribution in [0.2, 0.25) is 0 Å². The first-order chi connectivity index (χ1) is 9.17. The minimum atomic E-state index is -0.579. The van der Waals surface area contributed by atoms with E-state index in [1.807, 2.05) is 24.3 Å². The highest BCUT2D eigenvalue weighted by Crippen LogP contribution is 2.24. The van der Waals surface area contributed by atoms with Gasteiger partial charge in [0.1, 0.15) is 12.1 Å². The van der Waals surface area contributed by atoms with Gasteiger partial charge in [0.05, 0.1) is 18.3 Å². The van der Waals surface area contributed by atoms with Crippen LogP contribution >= 0.6 is 0 Å². The number of nitrogens with zero attached hydrogens (tertiary/aromatic N) is 3. The highest BCUT2D eigenvalue weighted by atomic mass is 16.5. The Balaban J connectivity index is 2.51. The second kappa shape index (κ2) is 5.31. The van der Waals surface area contributed by atoms with Gasteiger partial charge in [0.25, 0.3) is 0 Å². The number of nitrogens with one attached hydrogen (secondary N) is 1. The predicted octanol–water partition coefficient (Wildman–Crippen LogP) is 1.47. The molecule has 6 heteroatoms. The van der Waals surface area contributed by atoms with Gasteiger partial charge in [-0.05, 0) is 13.0 Å². The smallest absolute Gasteiger partial charge is 0.327 e. The summed E-state index contributed by atoms with van der Waals surface area (Å²) in [6.07, 6.45) is 0. The van der Waals surface area contributed by atoms with Crippen LogP contribution in [0.3, 0.4) is 0 Å². The molecular weight excluding hydrogens is 244 g/mol. The summed E-state index contributed by atoms with van der Waals surface area (Å²) >= 11 is 0. The molecule has 0 spiro atoms. The van der Waals surface area contributed by atoms with Gasteiger partial charge in [-0.25, -0.2) is 4.79 Å². The van der Waals surface area contributed by atoms with E-state index >= 15 is 0 Å². The second-order valence-corrected chi connectivity index (χ2v) is 3.94. The lowest BCUT2D eigenvalue weighted by atomic mass is 10.1. The number of benzene rings is 1. The third-order valence-corrected chi connectivity index (χ3v) is 2.69. The Kier molecular flexibility index (Phi) is 3.57. The van der Waals surface area contributed by atoms with E-state index in [0.717, 1.165) is 5.39 Å². The lowest BCUT2D eigenvalue weighted by Crippen LogP contribution is -2.27. The number of fused-ring (bicyclic) bond motifs is 1. The summed E-state index contributed by atoms with van der Waals surface area (Å²) in [5.74, 6) is -0.412. The summed E-state index contributed by atoms with van der Waals surface area (Å²) in [5.41, 5.74) is 1.29. The topological polar surface area (TPSA) is 87.9 Å². The quantitative estimate of drug-likeness (QED) is 0.837. The summed E-state index contributed by atoms with van der Waals surface area (Å²) in [7, 11) is 1.31. The van der Waals surface area contributed by atoms with Crippen LogP contribution < -0.4 is 5.32 Å². The summed E-state index contributed by atoms with van der Waals surface area (Å²) in [5, 5.41) is 20.6. The van der Waals surface area contributed by atoms with E-state index in [-0.39, 0.29) is 5.69 Å². The number of carbonyl (C=O) groups excluding carboxylic acids is 1. The minimum Gasteiger partial charge on any atom is -0.467 e. The zero-order valence-corrected chi connectivity index (χ0v) is 10.5. The van der Waals surface area contributed by atoms with E-state index in [4.69, 9.17) is 5.26 Å². The highest BCUT2D eigenvalue weighted by Gasteiger charge is 2.17. The minimum absolute atomic E-state index is 0.148. The molecule has 0 fully saturated rings. The standard InChI is InChI=1S/C13H12N4O2/c1-8(13(18)19-2)15-12-9-5-3-4-6-10(9)16-17-11(12)7-14/h3-6,8H,1-2H3,(H,15,16). The van der Waals surface area contributed by atoms with Crippen molar-refractivity contribution in [2.75, 3.05) is 12.4 Å². The lowest BCUT2D eigenvalue weighted by Gasteiger charge is -2.15. The SMILES string of the molecule is COC(=O)C(C)Nc1c(C#N)nnc2ccccc12. The third-order valence-electron chi connectivity index (χ3n) is 2.69. The molecule has 6 nitrogen and oxygen atoms in total. The van der Waals surface area contributed by atoms with Gasteiger partial charge in [0.15, 0.2) is 5.69 Å². The third kappa shape index (κ3) is 2.45. The Morgan fingerprint density at radius 2 is 2.16 bits per heavy atom. The monoisotopic (exact) mass is 256 g/mol. The maximum Gasteiger partial charge on any atom is 0.327 e. The largest absolute Gasteiger partial charge is 0.467 e. The van der Waals surface area contributed by atoms with Crippen molar-refractivity contribution in [1.29, 1.82) is 5.26 Å². The summed E-state index contributed by atoms with van der Waals surface area (Å²) in [4.78, 5) is 11.4. The molecule has 96 valence electrons. The number of ether oxygens (including phenoxy) is 1. The van der Waals surface area contributed by atoms with Crippen molar-refractivity contribution < 1.29 is 9.53 Å². The van der Waals surface area contributed by atoms with Crippen molar-refractivity contribution in [3.8, 4) is 6.07 Å². The first-order valence-electron chi connectivity index (χ1n) is 5.67. The fourth-order valence-electron chi connectivity index (χ4n) is 1.73. The van der Waals surface area contributed by atoms with Gasteiger partial charge in [-0.2, -0.15) is 5.26 Å². The van der Waals surface area contributed by atoms with Gasteiger partial charge in [-0.1, -0.05) is 18.2 Å². The molecule has 1 unspecified atom stereocenters. The maximum absolute atomic E-state index is 11.4. The molecule has 0 saturated carbocycles. The van der Waals surface area contributed by atoms with Crippen LogP contribution in [0.5, 0.6) is 0 Å². The molecule has 1 N–H and O–H groups in total. The molecule has 0 saturated heterocycles. The van der Waals surface area contributed by atoms with Crippen molar-refractivity contribution >= 4 is 22.6 Å². The number of anilines is 1. The Morgan fingerprint density at radius 3 is 2.84 bits per heavy atom. The van der Waals surface area contributed by atoms with Gasteiger partial charge < -0.3 is 10.1 Å². The highest BCUT2D eigenvalue weighted by molar-refractivity contribution is 5.94. The fourth-order valence-corrected chi connectivity index (χ4v) is 1.73. The van der Waals surface area contributed by atoms with Crippen LogP contribution in [0.1, 0.15) is 12.6 Å². The number of methoxy groups -OCH3 is 1. The molecule has 1 heterocycles. The molecule has 0 aliphatic heterocycles. The van der Waals surface area contributed by atoms with Crippen molar-refractivity contribution in [2.24, 2.45) is 0 Å². The summed E-state index contributed by atoms with van der Waals surface area (Å²) < 4.78 is 4.65. The van der Waals surface area contributed by atoms with E-state index < -0.39 is 12.0 Å². The van der Waals surface area contributed by atoms with E-state index in [2.05, 4.69) is 20.3 Å². The first-order valence-corrected chi connectivity index (χ1v) is 5.67. The molecule has 0 aliphatic carbocycles. The van der Waals surface area contributed by atoms with Crippen molar-refractivity contribution in [3.05, 3.63) is 30.0 Å². The van der Waals surface area contributed by atoms with Gasteiger partial charge in [-0.3, -0.25) is 0 Å². The van der Waals surface area contributed by atoms with Crippen LogP contribution in [-0.2, 0) is 9.53 Å². The van der Waals surface area contributed by atoms with E-state index in [1.54, 1.807) is 13.0 Å². The van der Waals surface area contributed by atoms with Gasteiger partial charge in [0.2, 0.25) is 0 Å². The van der Waals surface area contributed by atoms with Gasteiger partial charge in [-0.15, -0.1) is 10.2 Å². The second-order valence-electron chi connectivity index (χ2n) is 3.94. The number of carbonyl (C=O) groups is 1. The molecule has 0 bridgehead atoms. The number of hydrogen-bond acceptors (Lipinski definition) is 6. The fraction of sp³-hybridized carbons (Fsp3) is 0.231. The van der Waals surface area contributed by atoms with E-state index in [9.17, 15) is 4.79 Å². The Hall–Kier alpha value is -2.68. The molecule has 1 atom stereocenters. The first kappa shape index (κ1) is 12.8. The van der Waals surface area contributed by atoms with Crippen LogP contribution in [0.25, 0.3) is 10.9 Å². The average Bonchev–Trinajstić information content (AvgIpc) is 2.46. The van der Waals surface area contributed by atoms with Crippen molar-refractivity contribution in [2.45, 2.75) is 13.0 Å². The molecule has 2 aromatic rings. The number of rotatable bonds is 3. The molecule has 0 amide bonds. The molecule has 2 rings (SSSR count). The Labute approximate surface area is 110 Å². The van der Waals surface area contributed by atoms with Crippen LogP contribution in [0, 0.1) is 11.3 Å². The molecule has 0 aliphatic rings. The zero-order valence-electron chi connectivity index (χ0n) is 10.5. The summed E-state index contributed by atoms with van der Waals surface area (Å²) in [6, 6.07) is 8.65. The maximum atomic E-state index is 11.4. The van der Waals surface area contributed by atoms with Crippen LogP contribution in [0.15, 0.2) is 24.3 Å². The van der Waals surface area contributed by atoms with Gasteiger partial charge in [0, 0.05) is 5.39 Å². The van der Waals surface area contributed by atoms with E-state index in [0.29, 0.717) is 11.2 Å². The normalized spacial score (nSPS) is 11.6. The predicted molar refractivity (Wildman–Crippen MR) is 69.4 cm³/mol. The molecule has 1 aromatic carbocycles. The zero-order chi connectivity index (χ0) is 13.8. The van der Waals surface area contributed by atoms with Crippen LogP contribution in [-0.4, -0.2) is 29.3 Å². The number of aromatic nitrogens is 2. The molecular formula is C13H12N4O2. The lowest BCUT2D eigenvalue weighted by molar-refractivity contribution is -0.141. The van der Waals surface area contributed by atoms with Crippen molar-refractivity contribution in [1.82, 2.24) is 10.2 Å². The molecule has 1 aromatic heterocycles. The molecule has 19 heavy (non-hydrogen) atoms. The Morgan fingerprint density at radius 1 is 1.42 bits per heavy atom. The van der Waals surface area contributed by atoms with Crippen molar-refractivity contribution in [3.63, 3.8) is 0 Å². The average molecular weight is 256 g/mol. The summed E-state index contributed by atoms with van der Waals surface area (Å²) in [6.45, 7) is 1.65. The number of esters is 1. The van der Waals surface area contributed by atoms with Crippen LogP contribution in [0.4, 0.5) is 5.69 Å². The number of nitriles is 1.